The second-order valence-electron chi connectivity index (χ2n) is 6.55. The van der Waals surface area contributed by atoms with Crippen LogP contribution in [0.4, 0.5) is 4.39 Å². The standard InChI is InChI=1S/C21H18FN3O4/c1-12-9-15(13(2)25(12)17-6-4-3-5-16(17)22)21(27)24-23-20(26)14-7-8-18-19(10-14)29-11-28-18/h3-10H,11H2,1-2H3,(H,23,26)(H,24,27). The van der Waals surface area contributed by atoms with Crippen LogP contribution >= 0.6 is 0 Å². The summed E-state index contributed by atoms with van der Waals surface area (Å²) in [7, 11) is 0. The molecule has 2 heterocycles. The van der Waals surface area contributed by atoms with E-state index in [1.54, 1.807) is 54.8 Å². The highest BCUT2D eigenvalue weighted by molar-refractivity contribution is 6.00. The molecule has 3 aromatic rings. The highest BCUT2D eigenvalue weighted by atomic mass is 19.1. The van der Waals surface area contributed by atoms with Gasteiger partial charge in [0.05, 0.1) is 11.3 Å². The Morgan fingerprint density at radius 3 is 2.48 bits per heavy atom. The molecule has 0 bridgehead atoms. The van der Waals surface area contributed by atoms with Gasteiger partial charge in [0.1, 0.15) is 5.82 Å². The second kappa shape index (κ2) is 7.31. The second-order valence-corrected chi connectivity index (χ2v) is 6.55. The van der Waals surface area contributed by atoms with Crippen LogP contribution in [0, 0.1) is 19.7 Å². The molecule has 2 N–H and O–H groups in total. The molecule has 2 amide bonds. The molecule has 0 saturated carbocycles. The quantitative estimate of drug-likeness (QED) is 0.668. The van der Waals surface area contributed by atoms with Gasteiger partial charge in [-0.25, -0.2) is 4.39 Å². The van der Waals surface area contributed by atoms with Crippen LogP contribution in [0.3, 0.4) is 0 Å². The predicted octanol–water partition coefficient (Wildman–Crippen LogP) is 3.04. The Morgan fingerprint density at radius 2 is 1.69 bits per heavy atom. The van der Waals surface area contributed by atoms with Crippen LogP contribution in [-0.2, 0) is 0 Å². The molecule has 0 atom stereocenters. The third kappa shape index (κ3) is 3.40. The number of carbonyl (C=O) groups excluding carboxylic acids is 2. The lowest BCUT2D eigenvalue weighted by Gasteiger charge is -2.11. The van der Waals surface area contributed by atoms with Crippen molar-refractivity contribution in [2.45, 2.75) is 13.8 Å². The molecule has 29 heavy (non-hydrogen) atoms. The molecule has 1 aliphatic heterocycles. The minimum Gasteiger partial charge on any atom is -0.454 e. The summed E-state index contributed by atoms with van der Waals surface area (Å²) in [6.45, 7) is 3.60. The number of rotatable bonds is 3. The lowest BCUT2D eigenvalue weighted by atomic mass is 10.2. The van der Waals surface area contributed by atoms with Crippen molar-refractivity contribution in [3.05, 3.63) is 76.9 Å². The van der Waals surface area contributed by atoms with E-state index in [-0.39, 0.29) is 6.79 Å². The summed E-state index contributed by atoms with van der Waals surface area (Å²) >= 11 is 0. The van der Waals surface area contributed by atoms with E-state index in [1.165, 1.54) is 12.1 Å². The smallest absolute Gasteiger partial charge is 0.271 e. The van der Waals surface area contributed by atoms with Crippen molar-refractivity contribution >= 4 is 11.8 Å². The predicted molar refractivity (Wildman–Crippen MR) is 103 cm³/mol. The maximum atomic E-state index is 14.2. The maximum absolute atomic E-state index is 14.2. The molecule has 148 valence electrons. The Kier molecular flexibility index (Phi) is 4.67. The summed E-state index contributed by atoms with van der Waals surface area (Å²) in [6, 6.07) is 12.7. The molecule has 0 spiro atoms. The lowest BCUT2D eigenvalue weighted by Crippen LogP contribution is -2.41. The van der Waals surface area contributed by atoms with Crippen LogP contribution in [-0.4, -0.2) is 23.2 Å². The van der Waals surface area contributed by atoms with Gasteiger partial charge >= 0.3 is 0 Å². The summed E-state index contributed by atoms with van der Waals surface area (Å²) in [6.07, 6.45) is 0. The van der Waals surface area contributed by atoms with E-state index in [2.05, 4.69) is 10.9 Å². The van der Waals surface area contributed by atoms with E-state index in [9.17, 15) is 14.0 Å². The average Bonchev–Trinajstić information content (AvgIpc) is 3.30. The highest BCUT2D eigenvalue weighted by Gasteiger charge is 2.20. The Labute approximate surface area is 166 Å². The van der Waals surface area contributed by atoms with Crippen molar-refractivity contribution in [2.24, 2.45) is 0 Å². The summed E-state index contributed by atoms with van der Waals surface area (Å²) in [5.41, 5.74) is 7.02. The molecule has 8 heteroatoms. The van der Waals surface area contributed by atoms with E-state index < -0.39 is 17.6 Å². The summed E-state index contributed by atoms with van der Waals surface area (Å²) in [5.74, 6) is -0.365. The van der Waals surface area contributed by atoms with Crippen LogP contribution in [0.1, 0.15) is 32.1 Å². The minimum atomic E-state index is -0.505. The molecular formula is C21H18FN3O4. The van der Waals surface area contributed by atoms with Crippen molar-refractivity contribution in [3.8, 4) is 17.2 Å². The van der Waals surface area contributed by atoms with Gasteiger partial charge in [0.25, 0.3) is 11.8 Å². The van der Waals surface area contributed by atoms with Crippen molar-refractivity contribution in [1.29, 1.82) is 0 Å². The molecule has 7 nitrogen and oxygen atoms in total. The van der Waals surface area contributed by atoms with E-state index in [1.807, 2.05) is 0 Å². The first-order valence-electron chi connectivity index (χ1n) is 8.90. The van der Waals surface area contributed by atoms with Gasteiger partial charge in [-0.15, -0.1) is 0 Å². The zero-order valence-electron chi connectivity index (χ0n) is 15.8. The van der Waals surface area contributed by atoms with Crippen LogP contribution in [0.5, 0.6) is 11.5 Å². The van der Waals surface area contributed by atoms with Gasteiger partial charge in [-0.05, 0) is 50.2 Å². The van der Waals surface area contributed by atoms with Gasteiger partial charge in [0.2, 0.25) is 6.79 Å². The first-order valence-corrected chi connectivity index (χ1v) is 8.90. The molecule has 1 aromatic heterocycles. The minimum absolute atomic E-state index is 0.106. The molecule has 0 saturated heterocycles. The number of aromatic nitrogens is 1. The number of hydrazine groups is 1. The highest BCUT2D eigenvalue weighted by Crippen LogP contribution is 2.32. The number of carbonyl (C=O) groups is 2. The summed E-state index contributed by atoms with van der Waals surface area (Å²) in [5, 5.41) is 0. The zero-order chi connectivity index (χ0) is 20.5. The van der Waals surface area contributed by atoms with Crippen LogP contribution < -0.4 is 20.3 Å². The molecule has 0 unspecified atom stereocenters. The zero-order valence-corrected chi connectivity index (χ0v) is 15.8. The van der Waals surface area contributed by atoms with E-state index >= 15 is 0 Å². The van der Waals surface area contributed by atoms with E-state index in [0.717, 1.165) is 0 Å². The number of benzene rings is 2. The number of fused-ring (bicyclic) bond motifs is 1. The average molecular weight is 395 g/mol. The van der Waals surface area contributed by atoms with E-state index in [0.29, 0.717) is 39.7 Å². The molecule has 0 radical (unpaired) electrons. The number of aryl methyl sites for hydroxylation is 1. The van der Waals surface area contributed by atoms with Crippen molar-refractivity contribution < 1.29 is 23.5 Å². The third-order valence-electron chi connectivity index (χ3n) is 4.69. The monoisotopic (exact) mass is 395 g/mol. The fraction of sp³-hybridized carbons (Fsp3) is 0.143. The number of hydrogen-bond acceptors (Lipinski definition) is 4. The largest absolute Gasteiger partial charge is 0.454 e. The normalized spacial score (nSPS) is 12.0. The molecule has 4 rings (SSSR count). The Morgan fingerprint density at radius 1 is 0.966 bits per heavy atom. The summed E-state index contributed by atoms with van der Waals surface area (Å²) < 4.78 is 26.3. The first kappa shape index (κ1) is 18.5. The van der Waals surface area contributed by atoms with Crippen molar-refractivity contribution in [3.63, 3.8) is 0 Å². The van der Waals surface area contributed by atoms with Gasteiger partial charge in [-0.2, -0.15) is 0 Å². The molecule has 0 aliphatic carbocycles. The Hall–Kier alpha value is -3.81. The number of hydrogen-bond donors (Lipinski definition) is 2. The molecule has 2 aromatic carbocycles. The van der Waals surface area contributed by atoms with Crippen LogP contribution in [0.25, 0.3) is 5.69 Å². The molecular weight excluding hydrogens is 377 g/mol. The maximum Gasteiger partial charge on any atom is 0.271 e. The molecule has 0 fully saturated rings. The van der Waals surface area contributed by atoms with E-state index in [4.69, 9.17) is 9.47 Å². The van der Waals surface area contributed by atoms with Gasteiger partial charge in [0.15, 0.2) is 11.5 Å². The van der Waals surface area contributed by atoms with Gasteiger partial charge in [-0.3, -0.25) is 20.4 Å². The summed E-state index contributed by atoms with van der Waals surface area (Å²) in [4.78, 5) is 24.9. The lowest BCUT2D eigenvalue weighted by molar-refractivity contribution is 0.0846. The van der Waals surface area contributed by atoms with Crippen LogP contribution in [0.15, 0.2) is 48.5 Å². The van der Waals surface area contributed by atoms with Gasteiger partial charge in [-0.1, -0.05) is 12.1 Å². The fourth-order valence-corrected chi connectivity index (χ4v) is 3.29. The number of amides is 2. The number of ether oxygens (including phenoxy) is 2. The Bertz CT molecular complexity index is 1120. The van der Waals surface area contributed by atoms with Crippen LogP contribution in [0.2, 0.25) is 0 Å². The SMILES string of the molecule is Cc1cc(C(=O)NNC(=O)c2ccc3c(c2)OCO3)c(C)n1-c1ccccc1F. The third-order valence-corrected chi connectivity index (χ3v) is 4.69. The van der Waals surface area contributed by atoms with Gasteiger partial charge < -0.3 is 14.0 Å². The van der Waals surface area contributed by atoms with Gasteiger partial charge in [0, 0.05) is 17.0 Å². The fourth-order valence-electron chi connectivity index (χ4n) is 3.29. The Balaban J connectivity index is 1.50. The van der Waals surface area contributed by atoms with Crippen molar-refractivity contribution in [1.82, 2.24) is 15.4 Å². The number of nitrogens with one attached hydrogen (secondary N) is 2. The van der Waals surface area contributed by atoms with Crippen molar-refractivity contribution in [2.75, 3.05) is 6.79 Å². The number of nitrogens with zero attached hydrogens (tertiary/aromatic N) is 1. The number of halogens is 1. The number of para-hydroxylation sites is 1. The topological polar surface area (TPSA) is 81.6 Å². The first-order chi connectivity index (χ1) is 14.0. The molecule has 1 aliphatic rings.